The number of carbonyl (C=O) groups excluding carboxylic acids is 1. The molecule has 0 heterocycles. The quantitative estimate of drug-likeness (QED) is 0.717. The summed E-state index contributed by atoms with van der Waals surface area (Å²) in [6, 6.07) is 4.27. The van der Waals surface area contributed by atoms with Gasteiger partial charge in [0.05, 0.1) is 5.56 Å². The van der Waals surface area contributed by atoms with Crippen LogP contribution < -0.4 is 10.6 Å². The maximum absolute atomic E-state index is 11.6. The minimum Gasteiger partial charge on any atom is -0.478 e. The SMILES string of the molecule is CNC(=O)c1cc(NC(=S)N(C)C)cc(C(=O)O)c1. The van der Waals surface area contributed by atoms with Crippen LogP contribution in [0.1, 0.15) is 20.7 Å². The van der Waals surface area contributed by atoms with Crippen molar-refractivity contribution in [1.29, 1.82) is 0 Å². The number of hydrogen-bond donors (Lipinski definition) is 3. The van der Waals surface area contributed by atoms with Gasteiger partial charge in [0.1, 0.15) is 0 Å². The maximum atomic E-state index is 11.6. The van der Waals surface area contributed by atoms with Crippen molar-refractivity contribution in [1.82, 2.24) is 10.2 Å². The van der Waals surface area contributed by atoms with E-state index in [1.165, 1.54) is 19.2 Å². The monoisotopic (exact) mass is 281 g/mol. The number of anilines is 1. The van der Waals surface area contributed by atoms with Gasteiger partial charge in [-0.2, -0.15) is 0 Å². The summed E-state index contributed by atoms with van der Waals surface area (Å²) in [7, 11) is 5.00. The van der Waals surface area contributed by atoms with Gasteiger partial charge in [0, 0.05) is 32.4 Å². The van der Waals surface area contributed by atoms with E-state index in [4.69, 9.17) is 17.3 Å². The lowest BCUT2D eigenvalue weighted by molar-refractivity contribution is 0.0697. The summed E-state index contributed by atoms with van der Waals surface area (Å²) >= 11 is 5.07. The fourth-order valence-corrected chi connectivity index (χ4v) is 1.45. The van der Waals surface area contributed by atoms with Gasteiger partial charge >= 0.3 is 5.97 Å². The average Bonchev–Trinajstić information content (AvgIpc) is 2.37. The number of carbonyl (C=O) groups is 2. The Kier molecular flexibility index (Phi) is 4.82. The summed E-state index contributed by atoms with van der Waals surface area (Å²) in [6.07, 6.45) is 0. The third-order valence-electron chi connectivity index (χ3n) is 2.33. The summed E-state index contributed by atoms with van der Waals surface area (Å²) < 4.78 is 0. The van der Waals surface area contributed by atoms with Gasteiger partial charge in [-0.3, -0.25) is 4.79 Å². The molecule has 1 aromatic carbocycles. The molecule has 0 aromatic heterocycles. The minimum atomic E-state index is -1.11. The molecule has 0 fully saturated rings. The number of hydrogen-bond acceptors (Lipinski definition) is 3. The van der Waals surface area contributed by atoms with E-state index in [0.717, 1.165) is 0 Å². The number of carboxylic acid groups (broad SMARTS) is 1. The lowest BCUT2D eigenvalue weighted by Crippen LogP contribution is -2.27. The summed E-state index contributed by atoms with van der Waals surface area (Å²) in [5, 5.41) is 14.8. The van der Waals surface area contributed by atoms with Gasteiger partial charge in [0.25, 0.3) is 5.91 Å². The highest BCUT2D eigenvalue weighted by Crippen LogP contribution is 2.16. The lowest BCUT2D eigenvalue weighted by Gasteiger charge is -2.16. The van der Waals surface area contributed by atoms with Gasteiger partial charge in [0.15, 0.2) is 5.11 Å². The van der Waals surface area contributed by atoms with E-state index in [-0.39, 0.29) is 17.0 Å². The summed E-state index contributed by atoms with van der Waals surface area (Å²) in [5.41, 5.74) is 0.730. The molecule has 1 amide bonds. The molecule has 0 saturated carbocycles. The van der Waals surface area contributed by atoms with Gasteiger partial charge < -0.3 is 20.6 Å². The normalized spacial score (nSPS) is 9.63. The van der Waals surface area contributed by atoms with Crippen LogP contribution in [0.2, 0.25) is 0 Å². The zero-order valence-corrected chi connectivity index (χ0v) is 11.7. The van der Waals surface area contributed by atoms with Crippen molar-refractivity contribution in [3.05, 3.63) is 29.3 Å². The fourth-order valence-electron chi connectivity index (χ4n) is 1.33. The maximum Gasteiger partial charge on any atom is 0.335 e. The third kappa shape index (κ3) is 3.92. The standard InChI is InChI=1S/C12H15N3O3S/c1-13-10(16)7-4-8(11(17)18)6-9(5-7)14-12(19)15(2)3/h4-6H,1-3H3,(H,13,16)(H,14,19)(H,17,18). The van der Waals surface area contributed by atoms with Gasteiger partial charge in [-0.1, -0.05) is 0 Å². The Hall–Kier alpha value is -2.15. The molecule has 0 bridgehead atoms. The van der Waals surface area contributed by atoms with Crippen molar-refractivity contribution in [2.75, 3.05) is 26.5 Å². The first-order valence-electron chi connectivity index (χ1n) is 5.44. The number of benzene rings is 1. The summed E-state index contributed by atoms with van der Waals surface area (Å²) in [5.74, 6) is -1.47. The lowest BCUT2D eigenvalue weighted by atomic mass is 10.1. The van der Waals surface area contributed by atoms with Crippen LogP contribution in [0, 0.1) is 0 Å². The highest BCUT2D eigenvalue weighted by atomic mass is 32.1. The van der Waals surface area contributed by atoms with Crippen LogP contribution in [0.25, 0.3) is 0 Å². The van der Waals surface area contributed by atoms with Gasteiger partial charge in [-0.15, -0.1) is 0 Å². The molecule has 0 unspecified atom stereocenters. The van der Waals surface area contributed by atoms with Crippen molar-refractivity contribution in [2.24, 2.45) is 0 Å². The Balaban J connectivity index is 3.17. The van der Waals surface area contributed by atoms with E-state index >= 15 is 0 Å². The molecule has 102 valence electrons. The minimum absolute atomic E-state index is 0.0187. The highest BCUT2D eigenvalue weighted by Gasteiger charge is 2.12. The van der Waals surface area contributed by atoms with Gasteiger partial charge in [0.2, 0.25) is 0 Å². The molecule has 0 aliphatic carbocycles. The molecule has 7 heteroatoms. The van der Waals surface area contributed by atoms with Crippen LogP contribution in [-0.4, -0.2) is 48.1 Å². The first kappa shape index (κ1) is 14.9. The Bertz CT molecular complexity index is 529. The Morgan fingerprint density at radius 2 is 1.79 bits per heavy atom. The molecule has 0 saturated heterocycles. The average molecular weight is 281 g/mol. The van der Waals surface area contributed by atoms with Crippen molar-refractivity contribution < 1.29 is 14.7 Å². The van der Waals surface area contributed by atoms with E-state index in [1.54, 1.807) is 25.1 Å². The molecule has 0 aliphatic rings. The summed E-state index contributed by atoms with van der Waals surface area (Å²) in [6.45, 7) is 0. The van der Waals surface area contributed by atoms with E-state index < -0.39 is 5.97 Å². The zero-order chi connectivity index (χ0) is 14.6. The number of amides is 1. The van der Waals surface area contributed by atoms with E-state index in [0.29, 0.717) is 10.8 Å². The largest absolute Gasteiger partial charge is 0.478 e. The molecular weight excluding hydrogens is 266 g/mol. The van der Waals surface area contributed by atoms with E-state index in [1.807, 2.05) is 0 Å². The molecule has 0 aliphatic heterocycles. The van der Waals surface area contributed by atoms with E-state index in [2.05, 4.69) is 10.6 Å². The van der Waals surface area contributed by atoms with Crippen LogP contribution in [0.5, 0.6) is 0 Å². The number of thiocarbonyl (C=S) groups is 1. The fraction of sp³-hybridized carbons (Fsp3) is 0.250. The molecule has 3 N–H and O–H groups in total. The summed E-state index contributed by atoms with van der Waals surface area (Å²) in [4.78, 5) is 24.3. The number of rotatable bonds is 3. The van der Waals surface area contributed by atoms with Gasteiger partial charge in [-0.05, 0) is 30.4 Å². The molecule has 6 nitrogen and oxygen atoms in total. The molecule has 1 rings (SSSR count). The Labute approximate surface area is 116 Å². The first-order chi connectivity index (χ1) is 8.85. The molecule has 1 aromatic rings. The molecule has 0 atom stereocenters. The number of nitrogens with one attached hydrogen (secondary N) is 2. The topological polar surface area (TPSA) is 81.7 Å². The highest BCUT2D eigenvalue weighted by molar-refractivity contribution is 7.80. The van der Waals surface area contributed by atoms with E-state index in [9.17, 15) is 9.59 Å². The van der Waals surface area contributed by atoms with Crippen molar-refractivity contribution >= 4 is 34.9 Å². The van der Waals surface area contributed by atoms with Crippen LogP contribution in [0.4, 0.5) is 5.69 Å². The van der Waals surface area contributed by atoms with Crippen LogP contribution in [0.3, 0.4) is 0 Å². The number of nitrogens with zero attached hydrogens (tertiary/aromatic N) is 1. The Morgan fingerprint density at radius 3 is 2.26 bits per heavy atom. The van der Waals surface area contributed by atoms with Crippen LogP contribution in [0.15, 0.2) is 18.2 Å². The van der Waals surface area contributed by atoms with Crippen LogP contribution >= 0.6 is 12.2 Å². The molecular formula is C12H15N3O3S. The second-order valence-corrected chi connectivity index (χ2v) is 4.39. The number of aromatic carboxylic acids is 1. The van der Waals surface area contributed by atoms with Crippen molar-refractivity contribution in [2.45, 2.75) is 0 Å². The smallest absolute Gasteiger partial charge is 0.335 e. The second-order valence-electron chi connectivity index (χ2n) is 4.01. The molecule has 0 spiro atoms. The zero-order valence-electron chi connectivity index (χ0n) is 10.9. The second kappa shape index (κ2) is 6.14. The third-order valence-corrected chi connectivity index (χ3v) is 2.79. The Morgan fingerprint density at radius 1 is 1.21 bits per heavy atom. The van der Waals surface area contributed by atoms with Gasteiger partial charge in [-0.25, -0.2) is 4.79 Å². The number of carboxylic acids is 1. The first-order valence-corrected chi connectivity index (χ1v) is 5.84. The molecule has 19 heavy (non-hydrogen) atoms. The van der Waals surface area contributed by atoms with Crippen molar-refractivity contribution in [3.63, 3.8) is 0 Å². The molecule has 0 radical (unpaired) electrons. The predicted octanol–water partition coefficient (Wildman–Crippen LogP) is 1.00. The predicted molar refractivity (Wildman–Crippen MR) is 76.7 cm³/mol. The van der Waals surface area contributed by atoms with Crippen LogP contribution in [-0.2, 0) is 0 Å². The van der Waals surface area contributed by atoms with Crippen molar-refractivity contribution in [3.8, 4) is 0 Å².